The van der Waals surface area contributed by atoms with E-state index >= 15 is 0 Å². The molecule has 0 spiro atoms. The number of hydrogen-bond donors (Lipinski definition) is 2. The molecule has 24 heavy (non-hydrogen) atoms. The van der Waals surface area contributed by atoms with Gasteiger partial charge in [-0.2, -0.15) is 0 Å². The van der Waals surface area contributed by atoms with E-state index in [0.29, 0.717) is 28.7 Å². The van der Waals surface area contributed by atoms with Gasteiger partial charge in [-0.15, -0.1) is 12.4 Å². The lowest BCUT2D eigenvalue weighted by molar-refractivity contribution is 0.0925. The number of hydrogen-bond acceptors (Lipinski definition) is 4. The molecule has 5 nitrogen and oxygen atoms in total. The quantitative estimate of drug-likeness (QED) is 0.795. The Hall–Kier alpha value is -1.17. The highest BCUT2D eigenvalue weighted by molar-refractivity contribution is 6.32. The molecule has 0 aliphatic heterocycles. The van der Waals surface area contributed by atoms with E-state index < -0.39 is 0 Å². The molecule has 1 aliphatic carbocycles. The van der Waals surface area contributed by atoms with E-state index in [1.54, 1.807) is 12.1 Å². The summed E-state index contributed by atoms with van der Waals surface area (Å²) in [4.78, 5) is 12.4. The lowest BCUT2D eigenvalue weighted by Gasteiger charge is -2.27. The number of amides is 1. The lowest BCUT2D eigenvalue weighted by atomic mass is 9.91. The van der Waals surface area contributed by atoms with Crippen molar-refractivity contribution < 1.29 is 14.3 Å². The minimum absolute atomic E-state index is 0. The number of methoxy groups -OCH3 is 1. The van der Waals surface area contributed by atoms with E-state index in [-0.39, 0.29) is 30.4 Å². The van der Waals surface area contributed by atoms with Crippen LogP contribution in [-0.2, 0) is 0 Å². The first-order valence-corrected chi connectivity index (χ1v) is 8.49. The van der Waals surface area contributed by atoms with Crippen LogP contribution < -0.4 is 20.5 Å². The van der Waals surface area contributed by atoms with Gasteiger partial charge in [0.05, 0.1) is 18.7 Å². The van der Waals surface area contributed by atoms with Gasteiger partial charge in [-0.05, 0) is 44.2 Å². The summed E-state index contributed by atoms with van der Waals surface area (Å²) in [6, 6.07) is 3.72. The monoisotopic (exact) mass is 376 g/mol. The summed E-state index contributed by atoms with van der Waals surface area (Å²) in [7, 11) is 1.54. The molecule has 7 heteroatoms. The zero-order valence-electron chi connectivity index (χ0n) is 14.1. The highest BCUT2D eigenvalue weighted by atomic mass is 35.5. The van der Waals surface area contributed by atoms with Crippen LogP contribution in [0.25, 0.3) is 0 Å². The molecule has 1 aliphatic rings. The van der Waals surface area contributed by atoms with Gasteiger partial charge in [-0.3, -0.25) is 4.79 Å². The number of carbonyl (C=O) groups excluding carboxylic acids is 1. The van der Waals surface area contributed by atoms with Crippen LogP contribution in [0.15, 0.2) is 12.1 Å². The molecule has 1 amide bonds. The summed E-state index contributed by atoms with van der Waals surface area (Å²) in [5.74, 6) is 0.811. The molecule has 0 atom stereocenters. The second kappa shape index (κ2) is 9.97. The first kappa shape index (κ1) is 20.9. The summed E-state index contributed by atoms with van der Waals surface area (Å²) in [6.45, 7) is 2.56. The van der Waals surface area contributed by atoms with Crippen LogP contribution in [0.2, 0.25) is 5.02 Å². The molecule has 0 unspecified atom stereocenters. The maximum atomic E-state index is 12.4. The van der Waals surface area contributed by atoms with E-state index in [9.17, 15) is 4.79 Å². The first-order valence-electron chi connectivity index (χ1n) is 8.12. The van der Waals surface area contributed by atoms with Crippen LogP contribution in [0.1, 0.15) is 49.4 Å². The van der Waals surface area contributed by atoms with Gasteiger partial charge in [0.25, 0.3) is 5.91 Å². The third-order valence-electron chi connectivity index (χ3n) is 4.05. The number of nitrogens with two attached hydrogens (primary N) is 1. The van der Waals surface area contributed by atoms with Crippen LogP contribution in [0.4, 0.5) is 0 Å². The van der Waals surface area contributed by atoms with E-state index in [1.165, 1.54) is 7.11 Å². The smallest absolute Gasteiger partial charge is 0.251 e. The van der Waals surface area contributed by atoms with Gasteiger partial charge < -0.3 is 20.5 Å². The molecule has 0 heterocycles. The van der Waals surface area contributed by atoms with Crippen LogP contribution in [0.5, 0.6) is 11.5 Å². The Balaban J connectivity index is 0.00000288. The number of nitrogens with one attached hydrogen (secondary N) is 1. The predicted octanol–water partition coefficient (Wildman–Crippen LogP) is 3.56. The fraction of sp³-hybridized carbons (Fsp3) is 0.588. The lowest BCUT2D eigenvalue weighted by Crippen LogP contribution is -2.40. The number of benzene rings is 1. The van der Waals surface area contributed by atoms with E-state index in [0.717, 1.165) is 32.1 Å². The Morgan fingerprint density at radius 1 is 1.33 bits per heavy atom. The van der Waals surface area contributed by atoms with Crippen molar-refractivity contribution in [3.8, 4) is 11.5 Å². The molecule has 0 radical (unpaired) electrons. The van der Waals surface area contributed by atoms with Gasteiger partial charge in [0.15, 0.2) is 11.5 Å². The molecular formula is C17H26Cl2N2O3. The highest BCUT2D eigenvalue weighted by Crippen LogP contribution is 2.36. The van der Waals surface area contributed by atoms with Crippen molar-refractivity contribution in [2.24, 2.45) is 5.73 Å². The molecule has 3 N–H and O–H groups in total. The molecule has 1 aromatic carbocycles. The molecule has 0 bridgehead atoms. The first-order chi connectivity index (χ1) is 11.0. The van der Waals surface area contributed by atoms with Crippen LogP contribution in [-0.4, -0.2) is 31.7 Å². The van der Waals surface area contributed by atoms with Gasteiger partial charge in [-0.25, -0.2) is 0 Å². The van der Waals surface area contributed by atoms with Gasteiger partial charge in [0.2, 0.25) is 0 Å². The van der Waals surface area contributed by atoms with Crippen LogP contribution in [0, 0.1) is 0 Å². The van der Waals surface area contributed by atoms with Gasteiger partial charge in [-0.1, -0.05) is 18.5 Å². The zero-order chi connectivity index (χ0) is 16.8. The van der Waals surface area contributed by atoms with Crippen LogP contribution in [0.3, 0.4) is 0 Å². The molecule has 136 valence electrons. The summed E-state index contributed by atoms with van der Waals surface area (Å²) in [6.07, 6.45) is 4.58. The summed E-state index contributed by atoms with van der Waals surface area (Å²) < 4.78 is 10.9. The Morgan fingerprint density at radius 3 is 2.58 bits per heavy atom. The maximum Gasteiger partial charge on any atom is 0.251 e. The van der Waals surface area contributed by atoms with E-state index in [4.69, 9.17) is 26.8 Å². The van der Waals surface area contributed by atoms with E-state index in [1.807, 2.05) is 6.92 Å². The Morgan fingerprint density at radius 2 is 2.00 bits per heavy atom. The third-order valence-corrected chi connectivity index (χ3v) is 4.33. The molecule has 1 fully saturated rings. The number of ether oxygens (including phenoxy) is 2. The summed E-state index contributed by atoms with van der Waals surface area (Å²) in [5.41, 5.74) is 6.37. The fourth-order valence-corrected chi connectivity index (χ4v) is 2.99. The number of rotatable bonds is 6. The van der Waals surface area contributed by atoms with Crippen molar-refractivity contribution in [3.63, 3.8) is 0 Å². The largest absolute Gasteiger partial charge is 0.493 e. The maximum absolute atomic E-state index is 12.4. The number of carbonyl (C=O) groups is 1. The second-order valence-corrected chi connectivity index (χ2v) is 6.33. The Kier molecular flexibility index (Phi) is 8.67. The Bertz CT molecular complexity index is 547. The van der Waals surface area contributed by atoms with Gasteiger partial charge in [0, 0.05) is 17.6 Å². The minimum atomic E-state index is -0.146. The van der Waals surface area contributed by atoms with Crippen molar-refractivity contribution in [2.75, 3.05) is 13.7 Å². The topological polar surface area (TPSA) is 73.6 Å². The standard InChI is InChI=1S/C17H25ClN2O3.ClH/c1-3-8-23-16-14(18)9-11(10-15(16)22-2)17(21)20-13-6-4-12(19)5-7-13;/h9-10,12-13H,3-8,19H2,1-2H3,(H,20,21);1H. The molecule has 0 aromatic heterocycles. The predicted molar refractivity (Wildman–Crippen MR) is 98.7 cm³/mol. The third kappa shape index (κ3) is 5.43. The van der Waals surface area contributed by atoms with Crippen molar-refractivity contribution in [3.05, 3.63) is 22.7 Å². The van der Waals surface area contributed by atoms with Gasteiger partial charge >= 0.3 is 0 Å². The molecule has 0 saturated heterocycles. The zero-order valence-corrected chi connectivity index (χ0v) is 15.7. The summed E-state index contributed by atoms with van der Waals surface area (Å²) in [5, 5.41) is 3.43. The Labute approximate surface area is 154 Å². The van der Waals surface area contributed by atoms with Crippen LogP contribution >= 0.6 is 24.0 Å². The second-order valence-electron chi connectivity index (χ2n) is 5.92. The van der Waals surface area contributed by atoms with Crippen molar-refractivity contribution in [1.82, 2.24) is 5.32 Å². The average molecular weight is 377 g/mol. The fourth-order valence-electron chi connectivity index (χ4n) is 2.73. The SMILES string of the molecule is CCCOc1c(Cl)cc(C(=O)NC2CCC(N)CC2)cc1OC.Cl. The summed E-state index contributed by atoms with van der Waals surface area (Å²) >= 11 is 6.25. The van der Waals surface area contributed by atoms with Gasteiger partial charge in [0.1, 0.15) is 0 Å². The average Bonchev–Trinajstić information content (AvgIpc) is 2.55. The molecule has 2 rings (SSSR count). The van der Waals surface area contributed by atoms with E-state index in [2.05, 4.69) is 5.32 Å². The highest BCUT2D eigenvalue weighted by Gasteiger charge is 2.22. The molecular weight excluding hydrogens is 351 g/mol. The molecule has 1 saturated carbocycles. The van der Waals surface area contributed by atoms with Crippen molar-refractivity contribution >= 4 is 29.9 Å². The number of halogens is 2. The molecule has 1 aromatic rings. The van der Waals surface area contributed by atoms with Crippen molar-refractivity contribution in [2.45, 2.75) is 51.1 Å². The van der Waals surface area contributed by atoms with Crippen molar-refractivity contribution in [1.29, 1.82) is 0 Å². The minimum Gasteiger partial charge on any atom is -0.493 e. The normalized spacial score (nSPS) is 20.0.